The van der Waals surface area contributed by atoms with Gasteiger partial charge in [-0.05, 0) is 12.1 Å². The second kappa shape index (κ2) is 7.77. The Bertz CT molecular complexity index is 868. The number of rotatable bonds is 5. The molecule has 0 fully saturated rings. The van der Waals surface area contributed by atoms with Gasteiger partial charge in [-0.3, -0.25) is 4.99 Å². The minimum atomic E-state index is -4.40. The number of nitrogens with zero attached hydrogens (tertiary/aromatic N) is 2. The summed E-state index contributed by atoms with van der Waals surface area (Å²) in [7, 11) is 1.62. The van der Waals surface area contributed by atoms with Crippen LogP contribution in [-0.4, -0.2) is 24.5 Å². The van der Waals surface area contributed by atoms with Crippen molar-refractivity contribution in [3.63, 3.8) is 0 Å². The molecular weight excluding hydrogens is 365 g/mol. The van der Waals surface area contributed by atoms with Gasteiger partial charge in [0.1, 0.15) is 11.3 Å². The number of aromatic nitrogens is 1. The van der Waals surface area contributed by atoms with E-state index in [0.717, 1.165) is 33.4 Å². The number of nitrogens with one attached hydrogen (secondary N) is 2. The van der Waals surface area contributed by atoms with Crippen LogP contribution in [0.4, 0.5) is 13.2 Å². The molecule has 0 aliphatic carbocycles. The molecule has 0 unspecified atom stereocenters. The molecule has 5 nitrogen and oxygen atoms in total. The highest BCUT2D eigenvalue weighted by Gasteiger charge is 2.33. The Balaban J connectivity index is 1.48. The maximum atomic E-state index is 12.5. The first kappa shape index (κ1) is 18.2. The summed E-state index contributed by atoms with van der Waals surface area (Å²) in [6, 6.07) is 9.67. The van der Waals surface area contributed by atoms with Gasteiger partial charge in [0.05, 0.1) is 11.6 Å². The van der Waals surface area contributed by atoms with Gasteiger partial charge < -0.3 is 15.1 Å². The lowest BCUT2D eigenvalue weighted by atomic mass is 10.2. The maximum Gasteiger partial charge on any atom is 0.434 e. The van der Waals surface area contributed by atoms with E-state index in [9.17, 15) is 13.2 Å². The van der Waals surface area contributed by atoms with E-state index < -0.39 is 11.9 Å². The van der Waals surface area contributed by atoms with Crippen molar-refractivity contribution in [3.05, 3.63) is 52.2 Å². The van der Waals surface area contributed by atoms with E-state index >= 15 is 0 Å². The SMILES string of the molecule is CN=C(NCCc1nc(C(F)(F)F)cs1)NCc1cc2ccccc2o1. The highest BCUT2D eigenvalue weighted by molar-refractivity contribution is 7.09. The second-order valence-electron chi connectivity index (χ2n) is 5.48. The van der Waals surface area contributed by atoms with E-state index in [0.29, 0.717) is 30.5 Å². The van der Waals surface area contributed by atoms with Crippen LogP contribution in [0.5, 0.6) is 0 Å². The van der Waals surface area contributed by atoms with Crippen molar-refractivity contribution >= 4 is 28.3 Å². The lowest BCUT2D eigenvalue weighted by Crippen LogP contribution is -2.37. The van der Waals surface area contributed by atoms with Gasteiger partial charge in [-0.1, -0.05) is 18.2 Å². The molecule has 0 aliphatic rings. The van der Waals surface area contributed by atoms with Gasteiger partial charge >= 0.3 is 6.18 Å². The van der Waals surface area contributed by atoms with Crippen molar-refractivity contribution in [2.45, 2.75) is 19.1 Å². The Morgan fingerprint density at radius 1 is 1.27 bits per heavy atom. The van der Waals surface area contributed by atoms with Gasteiger partial charge in [-0.15, -0.1) is 11.3 Å². The lowest BCUT2D eigenvalue weighted by molar-refractivity contribution is -0.140. The highest BCUT2D eigenvalue weighted by Crippen LogP contribution is 2.30. The number of alkyl halides is 3. The molecule has 0 aliphatic heterocycles. The van der Waals surface area contributed by atoms with Gasteiger partial charge in [0, 0.05) is 30.8 Å². The Morgan fingerprint density at radius 2 is 2.08 bits per heavy atom. The number of hydrogen-bond donors (Lipinski definition) is 2. The molecule has 2 N–H and O–H groups in total. The Morgan fingerprint density at radius 3 is 2.77 bits per heavy atom. The fourth-order valence-electron chi connectivity index (χ4n) is 2.36. The molecule has 3 rings (SSSR count). The zero-order valence-corrected chi connectivity index (χ0v) is 14.7. The second-order valence-corrected chi connectivity index (χ2v) is 6.42. The van der Waals surface area contributed by atoms with Crippen molar-refractivity contribution in [1.29, 1.82) is 0 Å². The first-order valence-corrected chi connectivity index (χ1v) is 8.77. The first-order valence-electron chi connectivity index (χ1n) is 7.89. The van der Waals surface area contributed by atoms with Crippen molar-refractivity contribution in [2.24, 2.45) is 4.99 Å². The number of fused-ring (bicyclic) bond motifs is 1. The Kier molecular flexibility index (Phi) is 5.46. The molecular formula is C17H17F3N4OS. The van der Waals surface area contributed by atoms with E-state index in [-0.39, 0.29) is 0 Å². The molecule has 26 heavy (non-hydrogen) atoms. The first-order chi connectivity index (χ1) is 12.5. The molecule has 0 atom stereocenters. The number of furan rings is 1. The summed E-state index contributed by atoms with van der Waals surface area (Å²) in [5.74, 6) is 1.31. The monoisotopic (exact) mass is 382 g/mol. The van der Waals surface area contributed by atoms with E-state index in [1.807, 2.05) is 30.3 Å². The van der Waals surface area contributed by atoms with E-state index in [4.69, 9.17) is 4.42 Å². The molecule has 0 saturated carbocycles. The largest absolute Gasteiger partial charge is 0.459 e. The van der Waals surface area contributed by atoms with Gasteiger partial charge in [-0.25, -0.2) is 4.98 Å². The van der Waals surface area contributed by atoms with Gasteiger partial charge in [0.2, 0.25) is 0 Å². The molecule has 0 amide bonds. The molecule has 0 bridgehead atoms. The standard InChI is InChI=1S/C17H17F3N4OS/c1-21-16(22-7-6-15-24-14(10-26-15)17(18,19)20)23-9-12-8-11-4-2-3-5-13(11)25-12/h2-5,8,10H,6-7,9H2,1H3,(H2,21,22,23). The third-order valence-electron chi connectivity index (χ3n) is 3.60. The predicted molar refractivity (Wildman–Crippen MR) is 95.2 cm³/mol. The summed E-state index contributed by atoms with van der Waals surface area (Å²) in [5.41, 5.74) is -0.0265. The molecule has 0 saturated heterocycles. The Labute approximate surface area is 152 Å². The molecule has 0 radical (unpaired) electrons. The number of thiazole rings is 1. The summed E-state index contributed by atoms with van der Waals surface area (Å²) < 4.78 is 43.3. The smallest absolute Gasteiger partial charge is 0.434 e. The maximum absolute atomic E-state index is 12.5. The topological polar surface area (TPSA) is 62.5 Å². The third-order valence-corrected chi connectivity index (χ3v) is 4.51. The molecule has 2 heterocycles. The van der Waals surface area contributed by atoms with Crippen molar-refractivity contribution in [3.8, 4) is 0 Å². The molecule has 0 spiro atoms. The summed E-state index contributed by atoms with van der Waals surface area (Å²) in [6.07, 6.45) is -4.02. The zero-order valence-electron chi connectivity index (χ0n) is 13.9. The van der Waals surface area contributed by atoms with E-state index in [1.165, 1.54) is 0 Å². The van der Waals surface area contributed by atoms with E-state index in [1.54, 1.807) is 7.05 Å². The average Bonchev–Trinajstić information content (AvgIpc) is 3.24. The molecule has 3 aromatic rings. The number of benzene rings is 1. The van der Waals surface area contributed by atoms with Crippen molar-refractivity contribution < 1.29 is 17.6 Å². The fraction of sp³-hybridized carbons (Fsp3) is 0.294. The lowest BCUT2D eigenvalue weighted by Gasteiger charge is -2.10. The summed E-state index contributed by atoms with van der Waals surface area (Å²) >= 11 is 1.00. The third kappa shape index (κ3) is 4.54. The van der Waals surface area contributed by atoms with Crippen LogP contribution >= 0.6 is 11.3 Å². The molecule has 2 aromatic heterocycles. The number of halogens is 3. The number of para-hydroxylation sites is 1. The van der Waals surface area contributed by atoms with Gasteiger partial charge in [0.15, 0.2) is 11.7 Å². The van der Waals surface area contributed by atoms with Crippen molar-refractivity contribution in [2.75, 3.05) is 13.6 Å². The highest BCUT2D eigenvalue weighted by atomic mass is 32.1. The minimum Gasteiger partial charge on any atom is -0.459 e. The van der Waals surface area contributed by atoms with Crippen molar-refractivity contribution in [1.82, 2.24) is 15.6 Å². The normalized spacial score (nSPS) is 12.5. The van der Waals surface area contributed by atoms with Crippen LogP contribution in [0.2, 0.25) is 0 Å². The number of guanidine groups is 1. The molecule has 1 aromatic carbocycles. The zero-order chi connectivity index (χ0) is 18.6. The summed E-state index contributed by atoms with van der Waals surface area (Å²) in [6.45, 7) is 0.869. The molecule has 9 heteroatoms. The number of aliphatic imine (C=N–C) groups is 1. The number of hydrogen-bond acceptors (Lipinski definition) is 4. The fourth-order valence-corrected chi connectivity index (χ4v) is 3.16. The van der Waals surface area contributed by atoms with Crippen LogP contribution < -0.4 is 10.6 Å². The quantitative estimate of drug-likeness (QED) is 0.520. The van der Waals surface area contributed by atoms with Crippen LogP contribution in [0.25, 0.3) is 11.0 Å². The van der Waals surface area contributed by atoms with Crippen LogP contribution in [0, 0.1) is 0 Å². The Hall–Kier alpha value is -2.55. The summed E-state index contributed by atoms with van der Waals surface area (Å²) in [4.78, 5) is 7.69. The van der Waals surface area contributed by atoms with Gasteiger partial charge in [-0.2, -0.15) is 13.2 Å². The van der Waals surface area contributed by atoms with Crippen LogP contribution in [0.3, 0.4) is 0 Å². The van der Waals surface area contributed by atoms with Crippen LogP contribution in [0.15, 0.2) is 45.1 Å². The molecule has 138 valence electrons. The average molecular weight is 382 g/mol. The van der Waals surface area contributed by atoms with E-state index in [2.05, 4.69) is 20.6 Å². The summed E-state index contributed by atoms with van der Waals surface area (Å²) in [5, 5.41) is 8.65. The van der Waals surface area contributed by atoms with Crippen LogP contribution in [-0.2, 0) is 19.1 Å². The minimum absolute atomic E-state index is 0.381. The predicted octanol–water partition coefficient (Wildman–Crippen LogP) is 3.82. The van der Waals surface area contributed by atoms with Gasteiger partial charge in [0.25, 0.3) is 0 Å². The van der Waals surface area contributed by atoms with Crippen LogP contribution in [0.1, 0.15) is 16.5 Å².